The van der Waals surface area contributed by atoms with Crippen molar-refractivity contribution in [3.8, 4) is 52.5 Å². The number of carbonyl (C=O) groups excluding carboxylic acids is 2. The Hall–Kier alpha value is -8.16. The van der Waals surface area contributed by atoms with Gasteiger partial charge in [-0.2, -0.15) is 9.97 Å². The number of benzene rings is 3. The molecule has 5 fully saturated rings. The number of phenols is 1. The Morgan fingerprint density at radius 3 is 2.56 bits per heavy atom. The van der Waals surface area contributed by atoms with Gasteiger partial charge >= 0.3 is 12.0 Å². The molecular formula is C63H60F3N9O9. The molecule has 7 aliphatic rings. The maximum Gasteiger partial charge on any atom is 0.343 e. The third-order valence-corrected chi connectivity index (χ3v) is 18.6. The molecule has 21 heteroatoms. The molecule has 4 saturated heterocycles. The topological polar surface area (TPSA) is 209 Å². The first-order chi connectivity index (χ1) is 40.6. The molecule has 3 aromatic carbocycles. The number of nitrogens with zero attached hydrogens (tertiary/aromatic N) is 9. The number of rotatable bonds is 15. The van der Waals surface area contributed by atoms with Gasteiger partial charge in [0.2, 0.25) is 0 Å². The van der Waals surface area contributed by atoms with Crippen molar-refractivity contribution in [3.63, 3.8) is 0 Å². The first-order valence-corrected chi connectivity index (χ1v) is 28.7. The van der Waals surface area contributed by atoms with Crippen LogP contribution in [0.1, 0.15) is 86.1 Å². The third kappa shape index (κ3) is 8.65. The molecule has 1 aliphatic carbocycles. The van der Waals surface area contributed by atoms with E-state index in [2.05, 4.69) is 32.3 Å². The Bertz CT molecular complexity index is 4080. The van der Waals surface area contributed by atoms with E-state index in [0.29, 0.717) is 79.4 Å². The fourth-order valence-corrected chi connectivity index (χ4v) is 14.3. The zero-order valence-corrected chi connectivity index (χ0v) is 46.2. The highest BCUT2D eigenvalue weighted by Gasteiger charge is 2.50. The largest absolute Gasteiger partial charge is 0.508 e. The van der Waals surface area contributed by atoms with Crippen molar-refractivity contribution < 1.29 is 52.3 Å². The first-order valence-electron chi connectivity index (χ1n) is 28.7. The third-order valence-electron chi connectivity index (χ3n) is 18.6. The normalized spacial score (nSPS) is 23.3. The number of amides is 1. The van der Waals surface area contributed by atoms with Crippen LogP contribution in [0.15, 0.2) is 71.7 Å². The predicted octanol–water partition coefficient (Wildman–Crippen LogP) is 6.93. The Morgan fingerprint density at radius 1 is 0.988 bits per heavy atom. The molecule has 18 nitrogen and oxygen atoms in total. The summed E-state index contributed by atoms with van der Waals surface area (Å²) >= 11 is 0. The molecule has 2 bridgehead atoms. The Labute approximate surface area is 480 Å². The molecule has 3 N–H and O–H groups in total. The number of aromatic nitrogens is 5. The minimum Gasteiger partial charge on any atom is -0.508 e. The van der Waals surface area contributed by atoms with E-state index in [1.807, 2.05) is 21.9 Å². The van der Waals surface area contributed by atoms with E-state index in [0.717, 1.165) is 48.7 Å². The van der Waals surface area contributed by atoms with E-state index in [4.69, 9.17) is 30.6 Å². The number of carbonyl (C=O) groups is 2. The van der Waals surface area contributed by atoms with Crippen LogP contribution in [0.5, 0.6) is 17.5 Å². The number of aliphatic hydroxyl groups is 2. The van der Waals surface area contributed by atoms with Gasteiger partial charge in [-0.15, -0.1) is 6.42 Å². The van der Waals surface area contributed by atoms with Crippen molar-refractivity contribution >= 4 is 50.3 Å². The average molecular weight is 1140 g/mol. The van der Waals surface area contributed by atoms with Crippen molar-refractivity contribution in [2.45, 2.75) is 113 Å². The number of halogens is 3. The monoisotopic (exact) mass is 1140 g/mol. The molecule has 5 atom stereocenters. The predicted molar refractivity (Wildman–Crippen MR) is 304 cm³/mol. The smallest absolute Gasteiger partial charge is 0.343 e. The van der Waals surface area contributed by atoms with Crippen LogP contribution < -0.4 is 19.9 Å². The molecule has 1 saturated carbocycles. The van der Waals surface area contributed by atoms with E-state index in [9.17, 15) is 34.1 Å². The van der Waals surface area contributed by atoms with Crippen LogP contribution in [0, 0.1) is 24.0 Å². The number of esters is 1. The van der Waals surface area contributed by atoms with Crippen LogP contribution in [-0.4, -0.2) is 149 Å². The summed E-state index contributed by atoms with van der Waals surface area (Å²) in [6.45, 7) is 8.22. The summed E-state index contributed by atoms with van der Waals surface area (Å²) in [5.74, 6) is 0.273. The number of hydrogen-bond donors (Lipinski definition) is 3. The van der Waals surface area contributed by atoms with Crippen LogP contribution in [-0.2, 0) is 39.6 Å². The maximum atomic E-state index is 17.5. The van der Waals surface area contributed by atoms with Crippen molar-refractivity contribution in [2.24, 2.45) is 0 Å². The number of cyclic esters (lactones) is 1. The molecule has 84 heavy (non-hydrogen) atoms. The first kappa shape index (κ1) is 53.8. The molecule has 0 spiro atoms. The second-order valence-electron chi connectivity index (χ2n) is 23.6. The molecule has 4 aromatic heterocycles. The van der Waals surface area contributed by atoms with Crippen molar-refractivity contribution in [1.29, 1.82) is 0 Å². The van der Waals surface area contributed by atoms with Crippen molar-refractivity contribution in [3.05, 3.63) is 117 Å². The van der Waals surface area contributed by atoms with E-state index < -0.39 is 34.9 Å². The van der Waals surface area contributed by atoms with Gasteiger partial charge in [0.15, 0.2) is 11.4 Å². The lowest BCUT2D eigenvalue weighted by Gasteiger charge is -2.42. The van der Waals surface area contributed by atoms with Gasteiger partial charge < -0.3 is 43.9 Å². The van der Waals surface area contributed by atoms with Gasteiger partial charge in [-0.05, 0) is 105 Å². The van der Waals surface area contributed by atoms with Gasteiger partial charge in [-0.3, -0.25) is 24.4 Å². The number of terminal acetylenes is 1. The molecule has 6 aliphatic heterocycles. The van der Waals surface area contributed by atoms with Gasteiger partial charge in [0.25, 0.3) is 11.5 Å². The van der Waals surface area contributed by atoms with Crippen molar-refractivity contribution in [2.75, 3.05) is 57.4 Å². The van der Waals surface area contributed by atoms with E-state index >= 15 is 8.78 Å². The number of aromatic hydroxyl groups is 1. The number of alkyl halides is 1. The quantitative estimate of drug-likeness (QED) is 0.0540. The summed E-state index contributed by atoms with van der Waals surface area (Å²) in [6.07, 6.45) is 11.4. The van der Waals surface area contributed by atoms with Crippen LogP contribution in [0.2, 0.25) is 0 Å². The fourth-order valence-electron chi connectivity index (χ4n) is 14.3. The van der Waals surface area contributed by atoms with Crippen LogP contribution in [0.25, 0.3) is 55.2 Å². The summed E-state index contributed by atoms with van der Waals surface area (Å²) in [6, 6.07) is 12.0. The lowest BCUT2D eigenvalue weighted by molar-refractivity contribution is -0.172. The molecule has 5 unspecified atom stereocenters. The standard InChI is InChI=1S/C63H60F3N9O9/c1-4-41-49(65)13-7-34-19-39(77)20-43(52(34)41)55-53(66)56-44(24-67-55)57(70-61(69-56)84-32-62-15-6-16-73(62)25-35(64)23-62)72-26-37-10-11-38(27-72)75(37)58(78)33(3)30-82-40-12-14-50-42(21-40)45(28-71(17-18-76)36-8-9-36)46-29-74-51(54(46)68-50)22-48-47(59(74)79)31-83-60(80)63(48,81)5-2/h1,7,12-14,19-22,24,35-38,76-77,81H,3,5-6,8-11,15-18,23,25-32H2,2H3. The second-order valence-corrected chi connectivity index (χ2v) is 23.6. The second kappa shape index (κ2) is 20.3. The van der Waals surface area contributed by atoms with Gasteiger partial charge in [0.05, 0.1) is 64.2 Å². The van der Waals surface area contributed by atoms with Crippen LogP contribution in [0.3, 0.4) is 0 Å². The maximum absolute atomic E-state index is 17.5. The molecule has 0 radical (unpaired) electrons. The number of aliphatic hydroxyl groups excluding tert-OH is 1. The number of anilines is 1. The highest BCUT2D eigenvalue weighted by Crippen LogP contribution is 2.45. The molecule has 14 rings (SSSR count). The lowest BCUT2D eigenvalue weighted by Crippen LogP contribution is -2.56. The average Bonchev–Trinajstić information content (AvgIpc) is 1.75. The summed E-state index contributed by atoms with van der Waals surface area (Å²) in [4.78, 5) is 69.1. The van der Waals surface area contributed by atoms with E-state index in [-0.39, 0.29) is 137 Å². The molecule has 7 aromatic rings. The van der Waals surface area contributed by atoms with E-state index in [1.54, 1.807) is 23.6 Å². The number of piperazine rings is 1. The molecule has 1 amide bonds. The fraction of sp³-hybridized carbons (Fsp3) is 0.413. The van der Waals surface area contributed by atoms with Gasteiger partial charge in [-0.25, -0.2) is 22.9 Å². The molecule has 10 heterocycles. The number of fused-ring (bicyclic) bond motifs is 10. The highest BCUT2D eigenvalue weighted by atomic mass is 19.1. The Balaban J connectivity index is 0.746. The SMILES string of the molecule is C#Cc1c(F)ccc2cc(O)cc(-c3ncc4c(N5CC6CCC(C5)N6C(=O)C(=C)COc5ccc6nc7c(c(CN(CCO)C8CC8)c6c5)Cn5c-7cc6c(c5=O)COC(=O)C6(O)CC)nc(OCC56CCCN5CC(F)C6)nc4c3F)c12. The number of ether oxygens (including phenoxy) is 3. The number of pyridine rings is 3. The van der Waals surface area contributed by atoms with Crippen molar-refractivity contribution in [1.82, 2.24) is 39.2 Å². The molecule has 432 valence electrons. The minimum atomic E-state index is -1.98. The number of phenolic OH excluding ortho intramolecular Hbond substituents is 1. The van der Waals surface area contributed by atoms with E-state index in [1.165, 1.54) is 30.5 Å². The van der Waals surface area contributed by atoms with Gasteiger partial charge in [0, 0.05) is 84.4 Å². The zero-order valence-electron chi connectivity index (χ0n) is 46.2. The van der Waals surface area contributed by atoms with Gasteiger partial charge in [0.1, 0.15) is 60.3 Å². The van der Waals surface area contributed by atoms with Crippen LogP contribution in [0.4, 0.5) is 19.0 Å². The summed E-state index contributed by atoms with van der Waals surface area (Å²) in [7, 11) is 0. The minimum absolute atomic E-state index is 0.0131. The highest BCUT2D eigenvalue weighted by molar-refractivity contribution is 6.03. The lowest BCUT2D eigenvalue weighted by atomic mass is 9.86. The Kier molecular flexibility index (Phi) is 13.0. The molecular weight excluding hydrogens is 1080 g/mol. The number of hydrogen-bond acceptors (Lipinski definition) is 16. The Morgan fingerprint density at radius 2 is 1.80 bits per heavy atom. The van der Waals surface area contributed by atoms with Crippen LogP contribution >= 0.6 is 0 Å². The van der Waals surface area contributed by atoms with Gasteiger partial charge in [-0.1, -0.05) is 25.5 Å². The summed E-state index contributed by atoms with van der Waals surface area (Å²) in [5, 5.41) is 34.1. The zero-order chi connectivity index (χ0) is 58.1. The summed E-state index contributed by atoms with van der Waals surface area (Å²) < 4.78 is 67.3. The summed E-state index contributed by atoms with van der Waals surface area (Å²) in [5.41, 5.74) is 0.660.